The lowest BCUT2D eigenvalue weighted by Crippen LogP contribution is -2.60. The molecule has 1 aromatic heterocycles. The number of anilines is 1. The number of benzene rings is 1. The van der Waals surface area contributed by atoms with Gasteiger partial charge >= 0.3 is 17.8 Å². The van der Waals surface area contributed by atoms with Gasteiger partial charge in [0.25, 0.3) is 0 Å². The number of carboxylic acid groups (broad SMARTS) is 1. The molecule has 2 saturated heterocycles. The highest BCUT2D eigenvalue weighted by atomic mass is 16.4. The molecule has 42 heavy (non-hydrogen) atoms. The fraction of sp³-hybridized carbons (Fsp3) is 0.552. The van der Waals surface area contributed by atoms with Crippen LogP contribution in [0.3, 0.4) is 0 Å². The molecule has 13 nitrogen and oxygen atoms in total. The Morgan fingerprint density at radius 1 is 0.952 bits per heavy atom. The maximum Gasteiger partial charge on any atom is 0.405 e. The van der Waals surface area contributed by atoms with E-state index in [1.165, 1.54) is 28.2 Å². The molecule has 0 saturated carbocycles. The van der Waals surface area contributed by atoms with Crippen LogP contribution in [0, 0.1) is 5.92 Å². The molecule has 2 fully saturated rings. The van der Waals surface area contributed by atoms with Crippen molar-refractivity contribution in [2.24, 2.45) is 11.7 Å². The lowest BCUT2D eigenvalue weighted by molar-refractivity contribution is -0.138. The van der Waals surface area contributed by atoms with Gasteiger partial charge in [0.15, 0.2) is 0 Å². The number of carbonyl (C=O) groups excluding carboxylic acids is 2. The number of piperazine rings is 1. The van der Waals surface area contributed by atoms with Crippen LogP contribution in [0.15, 0.2) is 41.3 Å². The first kappa shape index (κ1) is 31.0. The summed E-state index contributed by atoms with van der Waals surface area (Å²) in [5.41, 5.74) is 6.20. The molecular weight excluding hydrogens is 540 g/mol. The van der Waals surface area contributed by atoms with Gasteiger partial charge in [0.1, 0.15) is 11.4 Å². The molecule has 2 aliphatic heterocycles. The quantitative estimate of drug-likeness (QED) is 0.384. The van der Waals surface area contributed by atoms with Crippen molar-refractivity contribution in [1.29, 1.82) is 0 Å². The third kappa shape index (κ3) is 7.65. The van der Waals surface area contributed by atoms with Crippen molar-refractivity contribution in [2.45, 2.75) is 58.2 Å². The molecule has 5 N–H and O–H groups in total. The second kappa shape index (κ2) is 12.5. The molecule has 0 spiro atoms. The number of amides is 4. The van der Waals surface area contributed by atoms with Crippen molar-refractivity contribution in [2.75, 3.05) is 44.6 Å². The van der Waals surface area contributed by atoms with Crippen molar-refractivity contribution in [3.63, 3.8) is 0 Å². The van der Waals surface area contributed by atoms with E-state index in [1.54, 1.807) is 12.3 Å². The standard InChI is InChI=1S/C29H42N8O5/c1-28(2,30)21-9-12-34(13-10-21)19-20-5-7-22(8-6-20)37-14-11-23(32-26(37)40)31-25(39)36-17-15-35(16-18-36)24(38)29(3,4)33-27(41)42/h5-8,11,14,21,33H,9-10,12-13,15-19,30H2,1-4H3,(H,41,42)(H,31,32,39,40). The predicted molar refractivity (Wildman–Crippen MR) is 159 cm³/mol. The van der Waals surface area contributed by atoms with Gasteiger partial charge in [-0.05, 0) is 83.3 Å². The van der Waals surface area contributed by atoms with E-state index in [-0.39, 0.29) is 43.4 Å². The van der Waals surface area contributed by atoms with Crippen molar-refractivity contribution in [3.05, 3.63) is 52.6 Å². The molecule has 228 valence electrons. The molecule has 3 heterocycles. The van der Waals surface area contributed by atoms with E-state index in [1.807, 2.05) is 24.3 Å². The number of rotatable bonds is 7. The normalized spacial score (nSPS) is 17.2. The first-order valence-electron chi connectivity index (χ1n) is 14.3. The highest BCUT2D eigenvalue weighted by Gasteiger charge is 2.35. The SMILES string of the molecule is CC(C)(NC(=O)O)C(=O)N1CCN(C(=O)Nc2ccn(-c3ccc(CN4CCC(C(C)(C)N)CC4)cc3)c(=O)n2)CC1. The van der Waals surface area contributed by atoms with Crippen LogP contribution in [0.5, 0.6) is 0 Å². The zero-order valence-electron chi connectivity index (χ0n) is 24.8. The fourth-order valence-corrected chi connectivity index (χ4v) is 5.54. The smallest absolute Gasteiger partial charge is 0.405 e. The van der Waals surface area contributed by atoms with Gasteiger partial charge in [-0.3, -0.25) is 19.6 Å². The van der Waals surface area contributed by atoms with E-state index in [4.69, 9.17) is 10.8 Å². The number of nitrogens with two attached hydrogens (primary N) is 1. The van der Waals surface area contributed by atoms with Crippen LogP contribution >= 0.6 is 0 Å². The zero-order valence-corrected chi connectivity index (χ0v) is 24.8. The molecular formula is C29H42N8O5. The Hall–Kier alpha value is -3.97. The number of aromatic nitrogens is 2. The number of hydrogen-bond acceptors (Lipinski definition) is 7. The van der Waals surface area contributed by atoms with E-state index >= 15 is 0 Å². The van der Waals surface area contributed by atoms with E-state index in [0.29, 0.717) is 11.6 Å². The molecule has 2 aromatic rings. The Labute approximate surface area is 245 Å². The summed E-state index contributed by atoms with van der Waals surface area (Å²) in [4.78, 5) is 58.7. The van der Waals surface area contributed by atoms with Gasteiger partial charge in [-0.15, -0.1) is 0 Å². The molecule has 0 radical (unpaired) electrons. The number of carbonyl (C=O) groups is 3. The summed E-state index contributed by atoms with van der Waals surface area (Å²) in [6.07, 6.45) is 2.47. The Balaban J connectivity index is 1.29. The number of nitrogens with zero attached hydrogens (tertiary/aromatic N) is 5. The van der Waals surface area contributed by atoms with Gasteiger partial charge in [0.2, 0.25) is 5.91 Å². The van der Waals surface area contributed by atoms with Gasteiger partial charge in [-0.1, -0.05) is 12.1 Å². The van der Waals surface area contributed by atoms with Crippen LogP contribution in [0.2, 0.25) is 0 Å². The molecule has 4 amide bonds. The minimum atomic E-state index is -1.28. The van der Waals surface area contributed by atoms with Gasteiger partial charge in [0.05, 0.1) is 5.69 Å². The Kier molecular flexibility index (Phi) is 9.21. The van der Waals surface area contributed by atoms with Gasteiger partial charge in [-0.25, -0.2) is 14.4 Å². The molecule has 4 rings (SSSR count). The molecule has 0 unspecified atom stereocenters. The monoisotopic (exact) mass is 582 g/mol. The summed E-state index contributed by atoms with van der Waals surface area (Å²) >= 11 is 0. The lowest BCUT2D eigenvalue weighted by Gasteiger charge is -2.38. The predicted octanol–water partition coefficient (Wildman–Crippen LogP) is 1.90. The molecule has 0 atom stereocenters. The van der Waals surface area contributed by atoms with Crippen LogP contribution in [0.25, 0.3) is 5.69 Å². The van der Waals surface area contributed by atoms with E-state index in [0.717, 1.165) is 38.0 Å². The maximum absolute atomic E-state index is 12.8. The number of nitrogens with one attached hydrogen (secondary N) is 2. The summed E-state index contributed by atoms with van der Waals surface area (Å²) < 4.78 is 1.42. The minimum Gasteiger partial charge on any atom is -0.465 e. The first-order valence-corrected chi connectivity index (χ1v) is 14.3. The van der Waals surface area contributed by atoms with Crippen LogP contribution < -0.4 is 22.1 Å². The minimum absolute atomic E-state index is 0.132. The Morgan fingerprint density at radius 3 is 2.10 bits per heavy atom. The van der Waals surface area contributed by atoms with E-state index in [2.05, 4.69) is 34.4 Å². The third-order valence-electron chi connectivity index (χ3n) is 8.11. The lowest BCUT2D eigenvalue weighted by atomic mass is 9.81. The third-order valence-corrected chi connectivity index (χ3v) is 8.11. The highest BCUT2D eigenvalue weighted by molar-refractivity contribution is 5.90. The zero-order chi connectivity index (χ0) is 30.7. The molecule has 1 aromatic carbocycles. The number of urea groups is 1. The van der Waals surface area contributed by atoms with Crippen molar-refractivity contribution in [1.82, 2.24) is 29.6 Å². The number of hydrogen-bond donors (Lipinski definition) is 4. The Bertz CT molecular complexity index is 1340. The number of piperidine rings is 1. The summed E-state index contributed by atoms with van der Waals surface area (Å²) in [7, 11) is 0. The van der Waals surface area contributed by atoms with Crippen LogP contribution in [-0.2, 0) is 11.3 Å². The van der Waals surface area contributed by atoms with Gasteiger partial charge in [-0.2, -0.15) is 4.98 Å². The molecule has 0 aliphatic carbocycles. The van der Waals surface area contributed by atoms with Crippen molar-refractivity contribution in [3.8, 4) is 5.69 Å². The maximum atomic E-state index is 12.8. The van der Waals surface area contributed by atoms with Crippen LogP contribution in [0.4, 0.5) is 15.4 Å². The van der Waals surface area contributed by atoms with E-state index < -0.39 is 23.4 Å². The van der Waals surface area contributed by atoms with E-state index in [9.17, 15) is 19.2 Å². The first-order chi connectivity index (χ1) is 19.7. The van der Waals surface area contributed by atoms with Crippen molar-refractivity contribution < 1.29 is 19.5 Å². The van der Waals surface area contributed by atoms with Gasteiger partial charge < -0.3 is 26.0 Å². The topological polar surface area (TPSA) is 166 Å². The summed E-state index contributed by atoms with van der Waals surface area (Å²) in [6, 6.07) is 8.94. The summed E-state index contributed by atoms with van der Waals surface area (Å²) in [5, 5.41) is 13.8. The Morgan fingerprint density at radius 2 is 1.55 bits per heavy atom. The van der Waals surface area contributed by atoms with Crippen LogP contribution in [-0.4, -0.2) is 97.7 Å². The molecule has 0 bridgehead atoms. The average Bonchev–Trinajstić information content (AvgIpc) is 2.92. The molecule has 13 heteroatoms. The second-order valence-corrected chi connectivity index (χ2v) is 12.3. The number of likely N-dealkylation sites (tertiary alicyclic amines) is 1. The average molecular weight is 583 g/mol. The highest BCUT2D eigenvalue weighted by Crippen LogP contribution is 2.27. The van der Waals surface area contributed by atoms with Gasteiger partial charge in [0, 0.05) is 44.5 Å². The fourth-order valence-electron chi connectivity index (χ4n) is 5.54. The molecule has 2 aliphatic rings. The summed E-state index contributed by atoms with van der Waals surface area (Å²) in [5.74, 6) is 0.304. The second-order valence-electron chi connectivity index (χ2n) is 12.3. The largest absolute Gasteiger partial charge is 0.465 e. The summed E-state index contributed by atoms with van der Waals surface area (Å²) in [6.45, 7) is 11.1. The van der Waals surface area contributed by atoms with Crippen LogP contribution in [0.1, 0.15) is 46.1 Å². The van der Waals surface area contributed by atoms with Crippen molar-refractivity contribution >= 4 is 23.8 Å².